The average molecular weight is 492 g/mol. The Labute approximate surface area is 199 Å². The molecule has 3 aromatic rings. The van der Waals surface area contributed by atoms with Crippen molar-refractivity contribution in [1.82, 2.24) is 9.55 Å². The molecule has 0 unspecified atom stereocenters. The molecule has 0 amide bonds. The number of hydrogen-bond acceptors (Lipinski definition) is 5. The number of aromatic nitrogens is 2. The van der Waals surface area contributed by atoms with Crippen molar-refractivity contribution in [2.24, 2.45) is 0 Å². The van der Waals surface area contributed by atoms with Crippen LogP contribution in [0.4, 0.5) is 14.6 Å². The summed E-state index contributed by atoms with van der Waals surface area (Å²) in [5, 5.41) is 0.721. The number of ether oxygens (including phenoxy) is 1. The lowest BCUT2D eigenvalue weighted by Gasteiger charge is -2.29. The quantitative estimate of drug-likeness (QED) is 0.458. The normalized spacial score (nSPS) is 18.6. The number of nitrogens with zero attached hydrogens (tertiary/aromatic N) is 3. The number of thioether (sulfide) groups is 1. The van der Waals surface area contributed by atoms with Crippen LogP contribution in [0.5, 0.6) is 0 Å². The first-order valence-electron chi connectivity index (χ1n) is 11.0. The second-order valence-electron chi connectivity index (χ2n) is 8.58. The molecule has 1 atom stereocenters. The molecule has 1 saturated heterocycles. The Morgan fingerprint density at radius 1 is 1.15 bits per heavy atom. The first-order valence-corrected chi connectivity index (χ1v) is 12.4. The minimum Gasteiger partial charge on any atom is -0.379 e. The highest BCUT2D eigenvalue weighted by atomic mass is 35.5. The van der Waals surface area contributed by atoms with Crippen LogP contribution in [0, 0.1) is 18.6 Å². The summed E-state index contributed by atoms with van der Waals surface area (Å²) in [5.41, 5.74) is 2.02. The zero-order valence-electron chi connectivity index (χ0n) is 18.5. The number of methoxy groups -OCH3 is 1. The van der Waals surface area contributed by atoms with Crippen LogP contribution in [0.15, 0.2) is 27.9 Å². The summed E-state index contributed by atoms with van der Waals surface area (Å²) in [6, 6.07) is 4.10. The smallest absolute Gasteiger partial charge is 0.350 e. The monoisotopic (exact) mass is 491 g/mol. The molecule has 2 aromatic carbocycles. The topological polar surface area (TPSA) is 47.4 Å². The van der Waals surface area contributed by atoms with Crippen LogP contribution in [0.1, 0.15) is 24.8 Å². The zero-order valence-corrected chi connectivity index (χ0v) is 20.0. The summed E-state index contributed by atoms with van der Waals surface area (Å²) in [6.45, 7) is 3.94. The summed E-state index contributed by atoms with van der Waals surface area (Å²) in [4.78, 5) is 20.7. The van der Waals surface area contributed by atoms with Crippen LogP contribution < -0.4 is 10.6 Å². The van der Waals surface area contributed by atoms with E-state index in [0.717, 1.165) is 59.8 Å². The molecule has 9 heteroatoms. The van der Waals surface area contributed by atoms with Crippen molar-refractivity contribution in [2.45, 2.75) is 43.7 Å². The molecule has 1 aromatic heterocycles. The summed E-state index contributed by atoms with van der Waals surface area (Å²) in [7, 11) is 1.62. The van der Waals surface area contributed by atoms with E-state index in [2.05, 4.69) is 9.88 Å². The molecular formula is C24H24ClF2N3O2S. The van der Waals surface area contributed by atoms with Gasteiger partial charge >= 0.3 is 5.69 Å². The first-order chi connectivity index (χ1) is 15.9. The molecule has 0 bridgehead atoms. The van der Waals surface area contributed by atoms with Gasteiger partial charge in [0.2, 0.25) is 0 Å². The van der Waals surface area contributed by atoms with E-state index in [9.17, 15) is 9.18 Å². The van der Waals surface area contributed by atoms with E-state index in [1.807, 2.05) is 13.0 Å². The molecule has 5 rings (SSSR count). The van der Waals surface area contributed by atoms with Crippen molar-refractivity contribution >= 4 is 40.1 Å². The predicted molar refractivity (Wildman–Crippen MR) is 129 cm³/mol. The largest absolute Gasteiger partial charge is 0.379 e. The summed E-state index contributed by atoms with van der Waals surface area (Å²) < 4.78 is 36.2. The van der Waals surface area contributed by atoms with E-state index in [1.165, 1.54) is 17.8 Å². The van der Waals surface area contributed by atoms with Crippen LogP contribution in [0.3, 0.4) is 0 Å². The molecule has 3 heterocycles. The van der Waals surface area contributed by atoms with Gasteiger partial charge in [0.05, 0.1) is 23.2 Å². The van der Waals surface area contributed by atoms with Crippen molar-refractivity contribution in [3.63, 3.8) is 0 Å². The Balaban J connectivity index is 1.85. The maximum atomic E-state index is 15.0. The molecule has 0 saturated carbocycles. The number of hydrogen-bond donors (Lipinski definition) is 0. The summed E-state index contributed by atoms with van der Waals surface area (Å²) in [6.07, 6.45) is 3.06. The second kappa shape index (κ2) is 8.89. The molecular weight excluding hydrogens is 468 g/mol. The van der Waals surface area contributed by atoms with Crippen molar-refractivity contribution < 1.29 is 13.5 Å². The van der Waals surface area contributed by atoms with Crippen LogP contribution in [-0.2, 0) is 11.3 Å². The lowest BCUT2D eigenvalue weighted by Crippen LogP contribution is -2.35. The minimum absolute atomic E-state index is 0.146. The van der Waals surface area contributed by atoms with Crippen molar-refractivity contribution in [3.8, 4) is 11.1 Å². The Morgan fingerprint density at radius 2 is 1.91 bits per heavy atom. The van der Waals surface area contributed by atoms with E-state index in [-0.39, 0.29) is 22.4 Å². The Hall–Kier alpha value is -2.16. The van der Waals surface area contributed by atoms with Crippen molar-refractivity contribution in [3.05, 3.63) is 50.9 Å². The van der Waals surface area contributed by atoms with Gasteiger partial charge in [-0.1, -0.05) is 11.6 Å². The maximum Gasteiger partial charge on any atom is 0.350 e. The van der Waals surface area contributed by atoms with E-state index < -0.39 is 11.6 Å². The number of piperidine rings is 1. The lowest BCUT2D eigenvalue weighted by molar-refractivity contribution is 0.107. The van der Waals surface area contributed by atoms with Gasteiger partial charge < -0.3 is 9.64 Å². The molecule has 2 aliphatic rings. The fraction of sp³-hybridized carbons (Fsp3) is 0.417. The van der Waals surface area contributed by atoms with Crippen LogP contribution in [-0.4, -0.2) is 41.6 Å². The number of halogens is 3. The summed E-state index contributed by atoms with van der Waals surface area (Å²) >= 11 is 7.56. The van der Waals surface area contributed by atoms with E-state index in [4.69, 9.17) is 16.3 Å². The highest BCUT2D eigenvalue weighted by Gasteiger charge is 2.28. The molecule has 174 valence electrons. The number of anilines is 1. The minimum atomic E-state index is -0.803. The number of aryl methyl sites for hydroxylation is 1. The van der Waals surface area contributed by atoms with Gasteiger partial charge in [-0.15, -0.1) is 11.8 Å². The fourth-order valence-corrected chi connectivity index (χ4v) is 6.33. The van der Waals surface area contributed by atoms with Gasteiger partial charge in [-0.05, 0) is 43.9 Å². The maximum absolute atomic E-state index is 15.0. The van der Waals surface area contributed by atoms with Gasteiger partial charge in [0.25, 0.3) is 0 Å². The highest BCUT2D eigenvalue weighted by molar-refractivity contribution is 7.99. The third-order valence-electron chi connectivity index (χ3n) is 6.46. The van der Waals surface area contributed by atoms with Gasteiger partial charge in [0, 0.05) is 53.4 Å². The average Bonchev–Trinajstić information content (AvgIpc) is 3.00. The van der Waals surface area contributed by atoms with E-state index in [1.54, 1.807) is 11.7 Å². The van der Waals surface area contributed by atoms with E-state index >= 15 is 4.39 Å². The van der Waals surface area contributed by atoms with Crippen LogP contribution >= 0.6 is 23.4 Å². The molecule has 1 fully saturated rings. The zero-order chi connectivity index (χ0) is 23.3. The predicted octanol–water partition coefficient (Wildman–Crippen LogP) is 5.41. The fourth-order valence-electron chi connectivity index (χ4n) is 4.80. The first kappa shape index (κ1) is 22.6. The SMILES string of the molecule is CO[C@@H]1CSc2c(-c3cc(Cl)c(F)cc3F)c(C)cc3c(N4CCCCC4)nc(=O)n(c23)C1. The molecule has 33 heavy (non-hydrogen) atoms. The lowest BCUT2D eigenvalue weighted by atomic mass is 9.97. The Kier molecular flexibility index (Phi) is 6.09. The number of rotatable bonds is 3. The molecule has 0 aliphatic carbocycles. The third kappa shape index (κ3) is 3.92. The third-order valence-corrected chi connectivity index (χ3v) is 7.98. The van der Waals surface area contributed by atoms with Gasteiger partial charge in [-0.25, -0.2) is 13.6 Å². The Bertz CT molecular complexity index is 1310. The van der Waals surface area contributed by atoms with Gasteiger partial charge in [-0.2, -0.15) is 4.98 Å². The van der Waals surface area contributed by atoms with Gasteiger partial charge in [-0.3, -0.25) is 4.57 Å². The van der Waals surface area contributed by atoms with Crippen molar-refractivity contribution in [2.75, 3.05) is 30.9 Å². The summed E-state index contributed by atoms with van der Waals surface area (Å²) in [5.74, 6) is -0.236. The van der Waals surface area contributed by atoms with Crippen LogP contribution in [0.25, 0.3) is 22.0 Å². The second-order valence-corrected chi connectivity index (χ2v) is 10.0. The van der Waals surface area contributed by atoms with Crippen molar-refractivity contribution in [1.29, 1.82) is 0 Å². The molecule has 5 nitrogen and oxygen atoms in total. The van der Waals surface area contributed by atoms with E-state index in [0.29, 0.717) is 23.7 Å². The standard InChI is InChI=1S/C24H24ClF2N3O2S/c1-13-8-16-21-22(20(13)15-9-17(25)19(27)10-18(15)26)33-12-14(32-2)11-30(21)24(31)28-23(16)29-6-4-3-5-7-29/h8-10,14H,3-7,11-12H2,1-2H3/t14-/m0/s1. The van der Waals surface area contributed by atoms with Crippen LogP contribution in [0.2, 0.25) is 5.02 Å². The van der Waals surface area contributed by atoms with Gasteiger partial charge in [0.15, 0.2) is 0 Å². The Morgan fingerprint density at radius 3 is 2.64 bits per heavy atom. The molecule has 0 N–H and O–H groups in total. The van der Waals surface area contributed by atoms with Gasteiger partial charge in [0.1, 0.15) is 17.5 Å². The molecule has 0 spiro atoms. The highest BCUT2D eigenvalue weighted by Crippen LogP contribution is 2.45. The molecule has 0 radical (unpaired) electrons. The molecule has 2 aliphatic heterocycles. The number of benzene rings is 2.